The fraction of sp³-hybridized carbons (Fsp3) is 0.136. The highest BCUT2D eigenvalue weighted by molar-refractivity contribution is 8.22. The summed E-state index contributed by atoms with van der Waals surface area (Å²) >= 11 is 7.41. The van der Waals surface area contributed by atoms with Crippen molar-refractivity contribution >= 4 is 39.3 Å². The van der Waals surface area contributed by atoms with E-state index in [1.807, 2.05) is 41.1 Å². The Morgan fingerprint density at radius 3 is 2.04 bits per heavy atom. The Kier molecular flexibility index (Phi) is 5.99. The van der Waals surface area contributed by atoms with E-state index in [1.165, 1.54) is 11.1 Å². The summed E-state index contributed by atoms with van der Waals surface area (Å²) in [6.07, 6.45) is 0. The molecule has 1 aromatic heterocycles. The summed E-state index contributed by atoms with van der Waals surface area (Å²) in [6.45, 7) is 1.55. The lowest BCUT2D eigenvalue weighted by Crippen LogP contribution is -2.27. The summed E-state index contributed by atoms with van der Waals surface area (Å²) in [6, 6.07) is 28.8. The largest absolute Gasteiger partial charge is 0.349 e. The molecule has 4 aromatic rings. The third-order valence-corrected chi connectivity index (χ3v) is 5.91. The number of nitrogens with zero attached hydrogens (tertiary/aromatic N) is 4. The number of rotatable bonds is 6. The van der Waals surface area contributed by atoms with E-state index in [0.717, 1.165) is 28.4 Å². The van der Waals surface area contributed by atoms with Crippen LogP contribution in [0.3, 0.4) is 0 Å². The molecule has 4 rings (SSSR count). The van der Waals surface area contributed by atoms with Gasteiger partial charge in [0.2, 0.25) is 0 Å². The summed E-state index contributed by atoms with van der Waals surface area (Å²) in [5.41, 5.74) is 4.41. The third-order valence-electron chi connectivity index (χ3n) is 4.42. The Morgan fingerprint density at radius 1 is 0.821 bits per heavy atom. The van der Waals surface area contributed by atoms with Crippen LogP contribution in [0.4, 0.5) is 0 Å². The zero-order valence-electron chi connectivity index (χ0n) is 15.3. The van der Waals surface area contributed by atoms with E-state index in [4.69, 9.17) is 12.2 Å². The number of hydrogen-bond acceptors (Lipinski definition) is 4. The monoisotopic (exact) mass is 404 g/mol. The first-order valence-electron chi connectivity index (χ1n) is 9.07. The average Bonchev–Trinajstić information content (AvgIpc) is 3.16. The van der Waals surface area contributed by atoms with Gasteiger partial charge in [-0.25, -0.2) is 4.68 Å². The van der Waals surface area contributed by atoms with Crippen molar-refractivity contribution in [3.8, 4) is 0 Å². The van der Waals surface area contributed by atoms with E-state index in [9.17, 15) is 0 Å². The Morgan fingerprint density at radius 2 is 1.39 bits per heavy atom. The van der Waals surface area contributed by atoms with Crippen LogP contribution in [0.5, 0.6) is 0 Å². The molecule has 4 nitrogen and oxygen atoms in total. The lowest BCUT2D eigenvalue weighted by Gasteiger charge is -2.25. The lowest BCUT2D eigenvalue weighted by molar-refractivity contribution is 0.421. The zero-order chi connectivity index (χ0) is 19.2. The van der Waals surface area contributed by atoms with Crippen molar-refractivity contribution in [3.05, 3.63) is 96.1 Å². The van der Waals surface area contributed by atoms with Gasteiger partial charge in [0.05, 0.1) is 11.4 Å². The first-order valence-corrected chi connectivity index (χ1v) is 10.5. The maximum Gasteiger partial charge on any atom is 0.138 e. The predicted molar refractivity (Wildman–Crippen MR) is 120 cm³/mol. The second-order valence-corrected chi connectivity index (χ2v) is 8.02. The van der Waals surface area contributed by atoms with Crippen LogP contribution in [0.25, 0.3) is 11.0 Å². The highest BCUT2D eigenvalue weighted by Crippen LogP contribution is 2.20. The second kappa shape index (κ2) is 8.99. The highest BCUT2D eigenvalue weighted by atomic mass is 32.2. The maximum absolute atomic E-state index is 5.80. The van der Waals surface area contributed by atoms with Crippen LogP contribution in [0.15, 0.2) is 84.9 Å². The fourth-order valence-electron chi connectivity index (χ4n) is 3.01. The SMILES string of the molecule is S=C(SCn1nnc2ccccc21)N(Cc1ccccc1)Cc1ccccc1. The molecule has 6 heteroatoms. The van der Waals surface area contributed by atoms with Gasteiger partial charge in [0.1, 0.15) is 9.84 Å². The lowest BCUT2D eigenvalue weighted by atomic mass is 10.2. The van der Waals surface area contributed by atoms with Crippen LogP contribution in [0.2, 0.25) is 0 Å². The van der Waals surface area contributed by atoms with Crippen LogP contribution in [0.1, 0.15) is 11.1 Å². The quantitative estimate of drug-likeness (QED) is 0.417. The molecule has 0 radical (unpaired) electrons. The van der Waals surface area contributed by atoms with E-state index in [-0.39, 0.29) is 0 Å². The minimum atomic E-state index is 0.638. The first-order chi connectivity index (χ1) is 13.8. The molecule has 0 fully saturated rings. The molecule has 0 aliphatic heterocycles. The van der Waals surface area contributed by atoms with Crippen LogP contribution in [-0.2, 0) is 19.0 Å². The van der Waals surface area contributed by atoms with Gasteiger partial charge < -0.3 is 4.90 Å². The van der Waals surface area contributed by atoms with E-state index < -0.39 is 0 Å². The molecule has 0 spiro atoms. The second-order valence-electron chi connectivity index (χ2n) is 6.44. The molecule has 1 heterocycles. The van der Waals surface area contributed by atoms with Crippen molar-refractivity contribution in [2.24, 2.45) is 0 Å². The van der Waals surface area contributed by atoms with Crippen molar-refractivity contribution in [1.29, 1.82) is 0 Å². The van der Waals surface area contributed by atoms with Gasteiger partial charge in [-0.15, -0.1) is 5.10 Å². The molecule has 0 bridgehead atoms. The Labute approximate surface area is 174 Å². The maximum atomic E-state index is 5.80. The van der Waals surface area contributed by atoms with Crippen LogP contribution < -0.4 is 0 Å². The normalized spacial score (nSPS) is 10.9. The summed E-state index contributed by atoms with van der Waals surface area (Å²) < 4.78 is 2.75. The smallest absolute Gasteiger partial charge is 0.138 e. The molecule has 0 saturated carbocycles. The van der Waals surface area contributed by atoms with Gasteiger partial charge in [0, 0.05) is 13.1 Å². The minimum Gasteiger partial charge on any atom is -0.349 e. The molecule has 0 atom stereocenters. The molecular weight excluding hydrogens is 384 g/mol. The standard InChI is InChI=1S/C22H20N4S2/c27-22(28-17-26-21-14-8-7-13-20(21)23-24-26)25(15-18-9-3-1-4-10-18)16-19-11-5-2-6-12-19/h1-14H,15-17H2. The number of benzene rings is 3. The van der Waals surface area contributed by atoms with Crippen molar-refractivity contribution in [3.63, 3.8) is 0 Å². The fourth-order valence-corrected chi connectivity index (χ4v) is 4.04. The minimum absolute atomic E-state index is 0.638. The molecule has 0 N–H and O–H groups in total. The Balaban J connectivity index is 1.48. The van der Waals surface area contributed by atoms with Gasteiger partial charge >= 0.3 is 0 Å². The molecule has 0 amide bonds. The molecular formula is C22H20N4S2. The summed E-state index contributed by atoms with van der Waals surface area (Å²) in [5, 5.41) is 8.48. The molecule has 0 unspecified atom stereocenters. The van der Waals surface area contributed by atoms with E-state index in [2.05, 4.69) is 63.7 Å². The van der Waals surface area contributed by atoms with Crippen LogP contribution in [0, 0.1) is 0 Å². The molecule has 140 valence electrons. The molecule has 0 saturated heterocycles. The molecule has 0 aliphatic rings. The zero-order valence-corrected chi connectivity index (χ0v) is 16.9. The van der Waals surface area contributed by atoms with E-state index in [0.29, 0.717) is 5.88 Å². The molecule has 3 aromatic carbocycles. The van der Waals surface area contributed by atoms with Crippen molar-refractivity contribution in [2.75, 3.05) is 0 Å². The Bertz CT molecular complexity index is 1010. The highest BCUT2D eigenvalue weighted by Gasteiger charge is 2.13. The van der Waals surface area contributed by atoms with Gasteiger partial charge in [0.25, 0.3) is 0 Å². The average molecular weight is 405 g/mol. The van der Waals surface area contributed by atoms with Gasteiger partial charge in [-0.1, -0.05) is 102 Å². The third kappa shape index (κ3) is 4.58. The first kappa shape index (κ1) is 18.7. The summed E-state index contributed by atoms with van der Waals surface area (Å²) in [5.74, 6) is 0.638. The summed E-state index contributed by atoms with van der Waals surface area (Å²) in [4.78, 5) is 2.24. The topological polar surface area (TPSA) is 34.0 Å². The summed E-state index contributed by atoms with van der Waals surface area (Å²) in [7, 11) is 0. The number of hydrogen-bond donors (Lipinski definition) is 0. The number of para-hydroxylation sites is 1. The van der Waals surface area contributed by atoms with Crippen LogP contribution >= 0.6 is 24.0 Å². The van der Waals surface area contributed by atoms with Crippen molar-refractivity contribution in [2.45, 2.75) is 19.0 Å². The number of fused-ring (bicyclic) bond motifs is 1. The van der Waals surface area contributed by atoms with Crippen LogP contribution in [-0.4, -0.2) is 24.2 Å². The van der Waals surface area contributed by atoms with E-state index >= 15 is 0 Å². The van der Waals surface area contributed by atoms with Gasteiger partial charge in [-0.05, 0) is 23.3 Å². The predicted octanol–water partition coefficient (Wildman–Crippen LogP) is 5.11. The molecule has 0 aliphatic carbocycles. The molecule has 28 heavy (non-hydrogen) atoms. The van der Waals surface area contributed by atoms with E-state index in [1.54, 1.807) is 11.8 Å². The number of aromatic nitrogens is 3. The van der Waals surface area contributed by atoms with Gasteiger partial charge in [-0.2, -0.15) is 0 Å². The van der Waals surface area contributed by atoms with Gasteiger partial charge in [0.15, 0.2) is 0 Å². The van der Waals surface area contributed by atoms with Gasteiger partial charge in [-0.3, -0.25) is 0 Å². The Hall–Kier alpha value is -2.70. The van der Waals surface area contributed by atoms with Crippen molar-refractivity contribution in [1.82, 2.24) is 19.9 Å². The van der Waals surface area contributed by atoms with Crippen molar-refractivity contribution < 1.29 is 0 Å². The number of thiocarbonyl (C=S) groups is 1. The number of thioether (sulfide) groups is 1.